The molecule has 0 radical (unpaired) electrons. The highest BCUT2D eigenvalue weighted by Gasteiger charge is 2.07. The smallest absolute Gasteiger partial charge is 0.172 e. The number of rotatable bonds is 2. The Balaban J connectivity index is 2.34. The average molecular weight is 262 g/mol. The maximum absolute atomic E-state index is 6.09. The third kappa shape index (κ3) is 2.62. The second-order valence-corrected chi connectivity index (χ2v) is 4.82. The predicted molar refractivity (Wildman–Crippen MR) is 75.7 cm³/mol. The Hall–Kier alpha value is -1.61. The summed E-state index contributed by atoms with van der Waals surface area (Å²) in [7, 11) is 0. The van der Waals surface area contributed by atoms with Crippen molar-refractivity contribution in [2.75, 3.05) is 5.32 Å². The van der Waals surface area contributed by atoms with Gasteiger partial charge < -0.3 is 5.32 Å². The third-order valence-electron chi connectivity index (χ3n) is 3.03. The zero-order valence-electron chi connectivity index (χ0n) is 11.0. The lowest BCUT2D eigenvalue weighted by Gasteiger charge is -2.10. The van der Waals surface area contributed by atoms with Crippen LogP contribution in [0.2, 0.25) is 5.15 Å². The van der Waals surface area contributed by atoms with Gasteiger partial charge in [0.2, 0.25) is 0 Å². The number of halogens is 1. The van der Waals surface area contributed by atoms with E-state index < -0.39 is 0 Å². The van der Waals surface area contributed by atoms with Crippen molar-refractivity contribution in [1.82, 2.24) is 9.97 Å². The average Bonchev–Trinajstić information content (AvgIpc) is 2.31. The van der Waals surface area contributed by atoms with Gasteiger partial charge in [0.1, 0.15) is 0 Å². The van der Waals surface area contributed by atoms with E-state index in [0.717, 1.165) is 17.1 Å². The van der Waals surface area contributed by atoms with Gasteiger partial charge in [-0.3, -0.25) is 0 Å². The minimum absolute atomic E-state index is 0.399. The molecule has 1 aromatic carbocycles. The quantitative estimate of drug-likeness (QED) is 0.884. The molecule has 0 bridgehead atoms. The zero-order valence-corrected chi connectivity index (χ0v) is 11.8. The van der Waals surface area contributed by atoms with Gasteiger partial charge in [-0.1, -0.05) is 17.7 Å². The number of aryl methyl sites for hydroxylation is 4. The molecule has 0 aliphatic carbocycles. The predicted octanol–water partition coefficient (Wildman–Crippen LogP) is 4.11. The molecule has 0 fully saturated rings. The molecule has 0 aliphatic heterocycles. The van der Waals surface area contributed by atoms with Crippen LogP contribution in [0.15, 0.2) is 18.2 Å². The molecule has 0 unspecified atom stereocenters. The summed E-state index contributed by atoms with van der Waals surface area (Å²) in [6.45, 7) is 7.98. The van der Waals surface area contributed by atoms with Crippen LogP contribution in [0.25, 0.3) is 0 Å². The minimum Gasteiger partial charge on any atom is -0.338 e. The maximum atomic E-state index is 6.09. The number of anilines is 2. The zero-order chi connectivity index (χ0) is 13.3. The fraction of sp³-hybridized carbons (Fsp3) is 0.286. The van der Waals surface area contributed by atoms with Gasteiger partial charge in [-0.2, -0.15) is 0 Å². The van der Waals surface area contributed by atoms with Crippen molar-refractivity contribution in [2.45, 2.75) is 27.7 Å². The van der Waals surface area contributed by atoms with Gasteiger partial charge >= 0.3 is 0 Å². The van der Waals surface area contributed by atoms with Crippen LogP contribution in [0.3, 0.4) is 0 Å². The van der Waals surface area contributed by atoms with Gasteiger partial charge in [0.25, 0.3) is 0 Å². The maximum Gasteiger partial charge on any atom is 0.172 e. The lowest BCUT2D eigenvalue weighted by Crippen LogP contribution is -2.01. The molecule has 0 atom stereocenters. The Bertz CT molecular complexity index is 594. The molecule has 2 rings (SSSR count). The Morgan fingerprint density at radius 1 is 0.944 bits per heavy atom. The summed E-state index contributed by atoms with van der Waals surface area (Å²) in [5.41, 5.74) is 5.19. The van der Waals surface area contributed by atoms with Crippen molar-refractivity contribution in [3.05, 3.63) is 45.9 Å². The molecule has 1 aromatic heterocycles. The van der Waals surface area contributed by atoms with Crippen LogP contribution in [-0.2, 0) is 0 Å². The van der Waals surface area contributed by atoms with Crippen molar-refractivity contribution >= 4 is 23.1 Å². The molecule has 94 valence electrons. The highest BCUT2D eigenvalue weighted by Crippen LogP contribution is 2.24. The number of nitrogens with zero attached hydrogens (tertiary/aromatic N) is 2. The van der Waals surface area contributed by atoms with E-state index in [2.05, 4.69) is 41.3 Å². The van der Waals surface area contributed by atoms with Crippen LogP contribution in [0, 0.1) is 27.7 Å². The van der Waals surface area contributed by atoms with Crippen LogP contribution in [-0.4, -0.2) is 9.97 Å². The Labute approximate surface area is 112 Å². The molecule has 1 N–H and O–H groups in total. The summed E-state index contributed by atoms with van der Waals surface area (Å²) in [6, 6.07) is 6.15. The van der Waals surface area contributed by atoms with Gasteiger partial charge in [0, 0.05) is 5.69 Å². The minimum atomic E-state index is 0.399. The second kappa shape index (κ2) is 4.94. The van der Waals surface area contributed by atoms with E-state index in [-0.39, 0.29) is 0 Å². The summed E-state index contributed by atoms with van der Waals surface area (Å²) >= 11 is 6.09. The molecule has 0 amide bonds. The van der Waals surface area contributed by atoms with E-state index in [1.165, 1.54) is 11.1 Å². The summed E-state index contributed by atoms with van der Waals surface area (Å²) in [4.78, 5) is 8.66. The number of benzene rings is 1. The van der Waals surface area contributed by atoms with Gasteiger partial charge in [0.05, 0.1) is 11.4 Å². The van der Waals surface area contributed by atoms with Gasteiger partial charge in [-0.25, -0.2) is 9.97 Å². The summed E-state index contributed by atoms with van der Waals surface area (Å²) in [5, 5.41) is 3.60. The number of hydrogen-bond acceptors (Lipinski definition) is 3. The molecule has 0 saturated heterocycles. The Morgan fingerprint density at radius 3 is 2.28 bits per heavy atom. The first-order valence-corrected chi connectivity index (χ1v) is 6.20. The van der Waals surface area contributed by atoms with Crippen LogP contribution in [0.1, 0.15) is 22.5 Å². The fourth-order valence-corrected chi connectivity index (χ4v) is 1.83. The lowest BCUT2D eigenvalue weighted by atomic mass is 10.1. The van der Waals surface area contributed by atoms with Gasteiger partial charge in [-0.15, -0.1) is 0 Å². The third-order valence-corrected chi connectivity index (χ3v) is 3.30. The highest BCUT2D eigenvalue weighted by molar-refractivity contribution is 6.31. The van der Waals surface area contributed by atoms with Crippen molar-refractivity contribution < 1.29 is 0 Å². The SMILES string of the molecule is Cc1ccc(Nc2nc(C)c(C)nc2Cl)cc1C. The van der Waals surface area contributed by atoms with E-state index in [1.807, 2.05) is 19.9 Å². The molecule has 0 aliphatic rings. The first kappa shape index (κ1) is 12.8. The second-order valence-electron chi connectivity index (χ2n) is 4.46. The standard InChI is InChI=1S/C14H16ClN3/c1-8-5-6-12(7-9(8)2)18-14-13(15)16-10(3)11(4)17-14/h5-7H,1-4H3,(H,17,18). The molecule has 0 spiro atoms. The van der Waals surface area contributed by atoms with Gasteiger partial charge in [-0.05, 0) is 51.0 Å². The number of aromatic nitrogens is 2. The van der Waals surface area contributed by atoms with Crippen LogP contribution >= 0.6 is 11.6 Å². The molecule has 4 heteroatoms. The van der Waals surface area contributed by atoms with E-state index in [4.69, 9.17) is 11.6 Å². The molecule has 18 heavy (non-hydrogen) atoms. The van der Waals surface area contributed by atoms with Crippen LogP contribution < -0.4 is 5.32 Å². The molecular formula is C14H16ClN3. The monoisotopic (exact) mass is 261 g/mol. The first-order valence-electron chi connectivity index (χ1n) is 5.82. The fourth-order valence-electron chi connectivity index (χ4n) is 1.61. The van der Waals surface area contributed by atoms with Gasteiger partial charge in [0.15, 0.2) is 11.0 Å². The van der Waals surface area contributed by atoms with E-state index in [9.17, 15) is 0 Å². The summed E-state index contributed by atoms with van der Waals surface area (Å²) in [6.07, 6.45) is 0. The van der Waals surface area contributed by atoms with E-state index in [0.29, 0.717) is 11.0 Å². The molecule has 0 saturated carbocycles. The molecular weight excluding hydrogens is 246 g/mol. The Kier molecular flexibility index (Phi) is 3.53. The number of hydrogen-bond donors (Lipinski definition) is 1. The lowest BCUT2D eigenvalue weighted by molar-refractivity contribution is 1.05. The largest absolute Gasteiger partial charge is 0.338 e. The van der Waals surface area contributed by atoms with Crippen LogP contribution in [0.4, 0.5) is 11.5 Å². The number of nitrogens with one attached hydrogen (secondary N) is 1. The van der Waals surface area contributed by atoms with E-state index in [1.54, 1.807) is 0 Å². The molecule has 2 aromatic rings. The topological polar surface area (TPSA) is 37.8 Å². The first-order chi connectivity index (χ1) is 8.47. The Morgan fingerprint density at radius 2 is 1.61 bits per heavy atom. The van der Waals surface area contributed by atoms with Crippen molar-refractivity contribution in [2.24, 2.45) is 0 Å². The summed E-state index contributed by atoms with van der Waals surface area (Å²) in [5.74, 6) is 0.600. The normalized spacial score (nSPS) is 10.5. The van der Waals surface area contributed by atoms with Crippen LogP contribution in [0.5, 0.6) is 0 Å². The molecule has 1 heterocycles. The highest BCUT2D eigenvalue weighted by atomic mass is 35.5. The van der Waals surface area contributed by atoms with Crippen molar-refractivity contribution in [3.8, 4) is 0 Å². The van der Waals surface area contributed by atoms with E-state index >= 15 is 0 Å². The summed E-state index contributed by atoms with van der Waals surface area (Å²) < 4.78 is 0. The van der Waals surface area contributed by atoms with Crippen molar-refractivity contribution in [1.29, 1.82) is 0 Å². The van der Waals surface area contributed by atoms with Crippen molar-refractivity contribution in [3.63, 3.8) is 0 Å². The molecule has 3 nitrogen and oxygen atoms in total.